The third kappa shape index (κ3) is 15.1. The number of carbonyl (C=O) groups excluding carboxylic acids is 1. The van der Waals surface area contributed by atoms with Gasteiger partial charge in [0.05, 0.1) is 59.5 Å². The molecule has 0 aliphatic heterocycles. The highest BCUT2D eigenvalue weighted by Crippen LogP contribution is 2.36. The van der Waals surface area contributed by atoms with E-state index < -0.39 is 14.4 Å². The maximum atomic E-state index is 11.6. The molecule has 0 unspecified atom stereocenters. The van der Waals surface area contributed by atoms with E-state index in [1.54, 1.807) is 0 Å². The highest BCUT2D eigenvalue weighted by atomic mass is 28.4. The monoisotopic (exact) mass is 485 g/mol. The molecular weight excluding hydrogens is 442 g/mol. The molecule has 0 atom stereocenters. The van der Waals surface area contributed by atoms with Gasteiger partial charge in [-0.1, -0.05) is 51.1 Å². The first-order valence-corrected chi connectivity index (χ1v) is 14.5. The summed E-state index contributed by atoms with van der Waals surface area (Å²) >= 11 is 0. The summed E-state index contributed by atoms with van der Waals surface area (Å²) < 4.78 is 33.1. The Morgan fingerprint density at radius 3 is 1.79 bits per heavy atom. The van der Waals surface area contributed by atoms with Crippen LogP contribution in [0.5, 0.6) is 0 Å². The number of hydrogen-bond donors (Lipinski definition) is 1. The Hall–Kier alpha value is -1.49. The first-order valence-electron chi connectivity index (χ1n) is 11.6. The molecule has 0 saturated heterocycles. The van der Waals surface area contributed by atoms with Crippen LogP contribution in [-0.2, 0) is 34.7 Å². The molecule has 9 heteroatoms. The molecule has 1 rings (SSSR count). The Kier molecular flexibility index (Phi) is 15.2. The van der Waals surface area contributed by atoms with E-state index in [1.807, 2.05) is 30.3 Å². The molecule has 0 heterocycles. The minimum atomic E-state index is -1.69. The summed E-state index contributed by atoms with van der Waals surface area (Å²) in [5.74, 6) is 0. The molecule has 0 aliphatic carbocycles. The van der Waals surface area contributed by atoms with Crippen molar-refractivity contribution < 1.29 is 32.9 Å². The van der Waals surface area contributed by atoms with Gasteiger partial charge in [-0.15, -0.1) is 0 Å². The maximum Gasteiger partial charge on any atom is 0.407 e. The molecule has 0 aromatic heterocycles. The number of nitrogens with one attached hydrogen (secondary N) is 1. The number of hydrogen-bond acceptors (Lipinski definition) is 7. The second kappa shape index (κ2) is 17.0. The van der Waals surface area contributed by atoms with Gasteiger partial charge in [0.1, 0.15) is 6.61 Å². The smallest absolute Gasteiger partial charge is 0.407 e. The quantitative estimate of drug-likeness (QED) is 0.248. The van der Waals surface area contributed by atoms with Crippen molar-refractivity contribution in [2.75, 3.05) is 66.0 Å². The third-order valence-corrected chi connectivity index (χ3v) is 9.88. The molecule has 33 heavy (non-hydrogen) atoms. The van der Waals surface area contributed by atoms with Crippen LogP contribution in [0.15, 0.2) is 30.3 Å². The van der Waals surface area contributed by atoms with E-state index in [2.05, 4.69) is 39.2 Å². The van der Waals surface area contributed by atoms with Crippen molar-refractivity contribution in [3.05, 3.63) is 35.9 Å². The number of alkyl carbamates (subject to hydrolysis) is 1. The van der Waals surface area contributed by atoms with Crippen LogP contribution in [0.2, 0.25) is 18.1 Å². The lowest BCUT2D eigenvalue weighted by molar-refractivity contribution is -0.00473. The summed E-state index contributed by atoms with van der Waals surface area (Å²) in [5, 5.41) is 2.86. The molecule has 1 N–H and O–H groups in total. The SMILES string of the molecule is CC(C)(C)[Si](C)(C)OCCOCCOCCOCCOCCNC(=O)OCc1ccccc1. The molecule has 0 fully saturated rings. The summed E-state index contributed by atoms with van der Waals surface area (Å²) in [4.78, 5) is 11.6. The lowest BCUT2D eigenvalue weighted by atomic mass is 10.2. The summed E-state index contributed by atoms with van der Waals surface area (Å²) in [7, 11) is -1.69. The molecule has 0 saturated carbocycles. The molecule has 1 amide bonds. The Morgan fingerprint density at radius 1 is 0.788 bits per heavy atom. The second-order valence-corrected chi connectivity index (χ2v) is 13.9. The van der Waals surface area contributed by atoms with Crippen molar-refractivity contribution in [3.63, 3.8) is 0 Å². The fourth-order valence-corrected chi connectivity index (χ4v) is 3.36. The predicted octanol–water partition coefficient (Wildman–Crippen LogP) is 4.00. The molecule has 1 aromatic carbocycles. The van der Waals surface area contributed by atoms with E-state index in [0.29, 0.717) is 66.0 Å². The average molecular weight is 486 g/mol. The van der Waals surface area contributed by atoms with Crippen LogP contribution < -0.4 is 5.32 Å². The van der Waals surface area contributed by atoms with Crippen molar-refractivity contribution in [2.24, 2.45) is 0 Å². The van der Waals surface area contributed by atoms with E-state index >= 15 is 0 Å². The molecular formula is C24H43NO7Si. The Balaban J connectivity index is 1.80. The second-order valence-electron chi connectivity index (χ2n) is 9.05. The number of amides is 1. The van der Waals surface area contributed by atoms with Crippen LogP contribution in [0.1, 0.15) is 26.3 Å². The van der Waals surface area contributed by atoms with Gasteiger partial charge >= 0.3 is 6.09 Å². The Bertz CT molecular complexity index is 623. The average Bonchev–Trinajstić information content (AvgIpc) is 2.77. The third-order valence-electron chi connectivity index (χ3n) is 5.34. The van der Waals surface area contributed by atoms with Crippen molar-refractivity contribution in [1.29, 1.82) is 0 Å². The fraction of sp³-hybridized carbons (Fsp3) is 0.708. The van der Waals surface area contributed by atoms with Gasteiger partial charge in [0.25, 0.3) is 0 Å². The summed E-state index contributed by atoms with van der Waals surface area (Å²) in [6, 6.07) is 9.54. The highest BCUT2D eigenvalue weighted by Gasteiger charge is 2.36. The summed E-state index contributed by atoms with van der Waals surface area (Å²) in [5.41, 5.74) is 0.948. The summed E-state index contributed by atoms with van der Waals surface area (Å²) in [6.07, 6.45) is -0.456. The standard InChI is InChI=1S/C24H43NO7Si/c1-24(2,3)33(4,5)32-20-19-30-18-17-29-16-15-28-14-13-27-12-11-25-23(26)31-21-22-9-7-6-8-10-22/h6-10H,11-21H2,1-5H3,(H,25,26). The van der Waals surface area contributed by atoms with Crippen LogP contribution in [0.4, 0.5) is 4.79 Å². The van der Waals surface area contributed by atoms with Crippen molar-refractivity contribution in [2.45, 2.75) is 45.5 Å². The normalized spacial score (nSPS) is 12.0. The van der Waals surface area contributed by atoms with Gasteiger partial charge in [-0.2, -0.15) is 0 Å². The molecule has 0 aliphatic rings. The van der Waals surface area contributed by atoms with Gasteiger partial charge in [0.2, 0.25) is 0 Å². The van der Waals surface area contributed by atoms with Gasteiger partial charge in [0.15, 0.2) is 8.32 Å². The minimum absolute atomic E-state index is 0.217. The molecule has 0 spiro atoms. The van der Waals surface area contributed by atoms with Crippen LogP contribution >= 0.6 is 0 Å². The highest BCUT2D eigenvalue weighted by molar-refractivity contribution is 6.74. The van der Waals surface area contributed by atoms with Gasteiger partial charge in [0, 0.05) is 6.54 Å². The minimum Gasteiger partial charge on any atom is -0.445 e. The number of benzene rings is 1. The molecule has 0 radical (unpaired) electrons. The van der Waals surface area contributed by atoms with Crippen LogP contribution in [0.25, 0.3) is 0 Å². The van der Waals surface area contributed by atoms with Crippen LogP contribution in [0.3, 0.4) is 0 Å². The van der Waals surface area contributed by atoms with Crippen LogP contribution in [0, 0.1) is 0 Å². The van der Waals surface area contributed by atoms with E-state index in [-0.39, 0.29) is 11.6 Å². The number of ether oxygens (including phenoxy) is 5. The van der Waals surface area contributed by atoms with Crippen molar-refractivity contribution >= 4 is 14.4 Å². The summed E-state index contributed by atoms with van der Waals surface area (Å²) in [6.45, 7) is 16.4. The van der Waals surface area contributed by atoms with E-state index in [0.717, 1.165) is 5.56 Å². The fourth-order valence-electron chi connectivity index (χ4n) is 2.33. The van der Waals surface area contributed by atoms with E-state index in [1.165, 1.54) is 0 Å². The lowest BCUT2D eigenvalue weighted by Gasteiger charge is -2.36. The first-order chi connectivity index (χ1) is 15.7. The zero-order valence-electron chi connectivity index (χ0n) is 21.0. The number of rotatable bonds is 18. The zero-order chi connectivity index (χ0) is 24.4. The molecule has 8 nitrogen and oxygen atoms in total. The van der Waals surface area contributed by atoms with Crippen molar-refractivity contribution in [3.8, 4) is 0 Å². The topological polar surface area (TPSA) is 84.5 Å². The number of carbonyl (C=O) groups is 1. The first kappa shape index (κ1) is 29.5. The van der Waals surface area contributed by atoms with E-state index in [9.17, 15) is 4.79 Å². The maximum absolute atomic E-state index is 11.6. The van der Waals surface area contributed by atoms with Gasteiger partial charge in [-0.3, -0.25) is 0 Å². The zero-order valence-corrected chi connectivity index (χ0v) is 22.0. The van der Waals surface area contributed by atoms with Gasteiger partial charge in [-0.05, 0) is 23.7 Å². The molecule has 0 bridgehead atoms. The lowest BCUT2D eigenvalue weighted by Crippen LogP contribution is -2.41. The largest absolute Gasteiger partial charge is 0.445 e. The predicted molar refractivity (Wildman–Crippen MR) is 131 cm³/mol. The van der Waals surface area contributed by atoms with Crippen LogP contribution in [-0.4, -0.2) is 80.4 Å². The van der Waals surface area contributed by atoms with Gasteiger partial charge < -0.3 is 33.4 Å². The molecule has 1 aromatic rings. The van der Waals surface area contributed by atoms with Gasteiger partial charge in [-0.25, -0.2) is 4.79 Å². The Morgan fingerprint density at radius 2 is 1.27 bits per heavy atom. The van der Waals surface area contributed by atoms with Crippen molar-refractivity contribution in [1.82, 2.24) is 5.32 Å². The van der Waals surface area contributed by atoms with E-state index in [4.69, 9.17) is 28.1 Å². The molecule has 190 valence electrons. The Labute approximate surface area is 200 Å².